The normalized spacial score (nSPS) is 12.0. The molecule has 8 heteroatoms. The second kappa shape index (κ2) is 4.40. The van der Waals surface area contributed by atoms with Gasteiger partial charge in [-0.05, 0) is 0 Å². The fourth-order valence-electron chi connectivity index (χ4n) is 1.05. The van der Waals surface area contributed by atoms with Crippen LogP contribution in [0.2, 0.25) is 5.02 Å². The highest BCUT2D eigenvalue weighted by Gasteiger charge is 2.39. The van der Waals surface area contributed by atoms with Crippen molar-refractivity contribution in [3.63, 3.8) is 0 Å². The first-order valence-electron chi connectivity index (χ1n) is 3.86. The van der Waals surface area contributed by atoms with Crippen molar-refractivity contribution in [3.8, 4) is 5.75 Å². The van der Waals surface area contributed by atoms with Crippen molar-refractivity contribution in [1.29, 1.82) is 0 Å². The first-order valence-corrected chi connectivity index (χ1v) is 4.24. The fraction of sp³-hybridized carbons (Fsp3) is 0.375. The van der Waals surface area contributed by atoms with Gasteiger partial charge in [0.1, 0.15) is 0 Å². The van der Waals surface area contributed by atoms with E-state index >= 15 is 0 Å². The molecule has 0 aliphatic heterocycles. The molecule has 0 aliphatic rings. The molecule has 0 atom stereocenters. The topological polar surface area (TPSA) is 22.1 Å². The summed E-state index contributed by atoms with van der Waals surface area (Å²) in [6, 6.07) is 0. The third-order valence-corrected chi connectivity index (χ3v) is 2.12. The number of methoxy groups -OCH3 is 1. The van der Waals surface area contributed by atoms with E-state index in [4.69, 9.17) is 11.6 Å². The van der Waals surface area contributed by atoms with Gasteiger partial charge in [0.25, 0.3) is 6.43 Å². The zero-order valence-corrected chi connectivity index (χ0v) is 8.53. The van der Waals surface area contributed by atoms with Crippen molar-refractivity contribution in [3.05, 3.63) is 22.5 Å². The summed E-state index contributed by atoms with van der Waals surface area (Å²) in [5.74, 6) is -0.329. The van der Waals surface area contributed by atoms with Gasteiger partial charge in [0, 0.05) is 0 Å². The van der Waals surface area contributed by atoms with E-state index < -0.39 is 28.9 Å². The Bertz CT molecular complexity index is 393. The fourth-order valence-corrected chi connectivity index (χ4v) is 1.35. The summed E-state index contributed by atoms with van der Waals surface area (Å²) in [5.41, 5.74) is -3.07. The molecule has 90 valence electrons. The summed E-state index contributed by atoms with van der Waals surface area (Å²) in [5, 5.41) is -0.778. The quantitative estimate of drug-likeness (QED) is 0.757. The molecule has 0 N–H and O–H groups in total. The lowest BCUT2D eigenvalue weighted by Crippen LogP contribution is -2.13. The van der Waals surface area contributed by atoms with Gasteiger partial charge in [-0.25, -0.2) is 13.8 Å². The predicted molar refractivity (Wildman–Crippen MR) is 45.8 cm³/mol. The number of alkyl halides is 5. The summed E-state index contributed by atoms with van der Waals surface area (Å²) in [4.78, 5) is 2.89. The lowest BCUT2D eigenvalue weighted by molar-refractivity contribution is -0.143. The van der Waals surface area contributed by atoms with Crippen LogP contribution >= 0.6 is 11.6 Å². The number of pyridine rings is 1. The maximum absolute atomic E-state index is 12.5. The highest BCUT2D eigenvalue weighted by molar-refractivity contribution is 6.32. The number of aromatic nitrogens is 1. The summed E-state index contributed by atoms with van der Waals surface area (Å²) in [6.45, 7) is 0. The molecule has 2 nitrogen and oxygen atoms in total. The molecule has 0 saturated heterocycles. The highest BCUT2D eigenvalue weighted by Crippen LogP contribution is 2.41. The maximum Gasteiger partial charge on any atom is 0.433 e. The molecule has 16 heavy (non-hydrogen) atoms. The van der Waals surface area contributed by atoms with Crippen molar-refractivity contribution in [2.45, 2.75) is 12.6 Å². The van der Waals surface area contributed by atoms with E-state index in [9.17, 15) is 22.0 Å². The lowest BCUT2D eigenvalue weighted by Gasteiger charge is -2.14. The van der Waals surface area contributed by atoms with Crippen LogP contribution in [0.25, 0.3) is 0 Å². The second-order valence-corrected chi connectivity index (χ2v) is 3.08. The Morgan fingerprint density at radius 3 is 2.31 bits per heavy atom. The van der Waals surface area contributed by atoms with Gasteiger partial charge in [-0.3, -0.25) is 0 Å². The van der Waals surface area contributed by atoms with Crippen LogP contribution < -0.4 is 4.74 Å². The molecule has 1 rings (SSSR count). The van der Waals surface area contributed by atoms with Crippen LogP contribution in [0.15, 0.2) is 6.20 Å². The van der Waals surface area contributed by atoms with E-state index in [-0.39, 0.29) is 5.75 Å². The third-order valence-electron chi connectivity index (χ3n) is 1.73. The van der Waals surface area contributed by atoms with Crippen molar-refractivity contribution in [2.24, 2.45) is 0 Å². The molecule has 1 heterocycles. The zero-order valence-electron chi connectivity index (χ0n) is 7.78. The number of hydrogen-bond donors (Lipinski definition) is 0. The Kier molecular flexibility index (Phi) is 3.57. The smallest absolute Gasteiger partial charge is 0.433 e. The van der Waals surface area contributed by atoms with E-state index in [2.05, 4.69) is 9.72 Å². The predicted octanol–water partition coefficient (Wildman–Crippen LogP) is 3.70. The molecule has 1 aromatic rings. The number of nitrogens with zero attached hydrogens (tertiary/aromatic N) is 1. The maximum atomic E-state index is 12.5. The number of halogens is 6. The number of ether oxygens (including phenoxy) is 1. The Balaban J connectivity index is 3.47. The van der Waals surface area contributed by atoms with Gasteiger partial charge in [-0.1, -0.05) is 11.6 Å². The van der Waals surface area contributed by atoms with E-state index in [0.29, 0.717) is 6.20 Å². The van der Waals surface area contributed by atoms with Gasteiger partial charge >= 0.3 is 6.18 Å². The Morgan fingerprint density at radius 2 is 1.94 bits per heavy atom. The van der Waals surface area contributed by atoms with Crippen molar-refractivity contribution >= 4 is 11.6 Å². The molecule has 0 spiro atoms. The molecule has 0 aromatic carbocycles. The van der Waals surface area contributed by atoms with Crippen LogP contribution in [0.4, 0.5) is 22.0 Å². The van der Waals surface area contributed by atoms with Crippen LogP contribution in [0.5, 0.6) is 5.75 Å². The van der Waals surface area contributed by atoms with Gasteiger partial charge in [-0.2, -0.15) is 13.2 Å². The van der Waals surface area contributed by atoms with Gasteiger partial charge in [0.2, 0.25) is 0 Å². The average molecular weight is 262 g/mol. The van der Waals surface area contributed by atoms with Crippen LogP contribution in [0.3, 0.4) is 0 Å². The molecule has 0 amide bonds. The minimum absolute atomic E-state index is 0.329. The van der Waals surface area contributed by atoms with Gasteiger partial charge in [-0.15, -0.1) is 0 Å². The van der Waals surface area contributed by atoms with Gasteiger partial charge < -0.3 is 4.74 Å². The first-order chi connectivity index (χ1) is 7.29. The van der Waals surface area contributed by atoms with Crippen molar-refractivity contribution < 1.29 is 26.7 Å². The molecular weight excluding hydrogens is 257 g/mol. The van der Waals surface area contributed by atoms with E-state index in [1.54, 1.807) is 0 Å². The van der Waals surface area contributed by atoms with Crippen LogP contribution in [0, 0.1) is 0 Å². The summed E-state index contributed by atoms with van der Waals surface area (Å²) >= 11 is 5.37. The molecule has 0 bridgehead atoms. The minimum Gasteiger partial charge on any atom is -0.494 e. The number of rotatable bonds is 2. The Hall–Kier alpha value is -1.11. The summed E-state index contributed by atoms with van der Waals surface area (Å²) < 4.78 is 66.4. The molecule has 0 unspecified atom stereocenters. The zero-order chi connectivity index (χ0) is 12.5. The molecule has 0 fully saturated rings. The minimum atomic E-state index is -4.98. The third kappa shape index (κ3) is 2.34. The van der Waals surface area contributed by atoms with E-state index in [1.807, 2.05) is 0 Å². The summed E-state index contributed by atoms with van der Waals surface area (Å²) in [6.07, 6.45) is -7.72. The molecule has 0 radical (unpaired) electrons. The Labute approximate surface area is 92.0 Å². The SMILES string of the molecule is COc1cnc(C(F)(F)F)c(C(F)F)c1Cl. The van der Waals surface area contributed by atoms with E-state index in [1.165, 1.54) is 0 Å². The van der Waals surface area contributed by atoms with Crippen LogP contribution in [0.1, 0.15) is 17.7 Å². The molecule has 0 saturated carbocycles. The first kappa shape index (κ1) is 13.0. The molecule has 0 aliphatic carbocycles. The summed E-state index contributed by atoms with van der Waals surface area (Å²) in [7, 11) is 1.09. The second-order valence-electron chi connectivity index (χ2n) is 2.70. The average Bonchev–Trinajstić information content (AvgIpc) is 2.15. The van der Waals surface area contributed by atoms with Crippen molar-refractivity contribution in [1.82, 2.24) is 4.98 Å². The lowest BCUT2D eigenvalue weighted by atomic mass is 10.2. The van der Waals surface area contributed by atoms with Crippen molar-refractivity contribution in [2.75, 3.05) is 7.11 Å². The highest BCUT2D eigenvalue weighted by atomic mass is 35.5. The van der Waals surface area contributed by atoms with Gasteiger partial charge in [0.15, 0.2) is 11.4 Å². The largest absolute Gasteiger partial charge is 0.494 e. The molecule has 1 aromatic heterocycles. The van der Waals surface area contributed by atoms with E-state index in [0.717, 1.165) is 7.11 Å². The van der Waals surface area contributed by atoms with Crippen LogP contribution in [-0.4, -0.2) is 12.1 Å². The van der Waals surface area contributed by atoms with Crippen LogP contribution in [-0.2, 0) is 6.18 Å². The van der Waals surface area contributed by atoms with Gasteiger partial charge in [0.05, 0.1) is 23.9 Å². The Morgan fingerprint density at radius 1 is 1.38 bits per heavy atom. The molecular formula is C8H5ClF5NO. The monoisotopic (exact) mass is 261 g/mol. The standard InChI is InChI=1S/C8H5ClF5NO/c1-16-3-2-15-6(8(12,13)14)4(5(3)9)7(10)11/h2,7H,1H3. The number of hydrogen-bond acceptors (Lipinski definition) is 2.